The van der Waals surface area contributed by atoms with E-state index in [-0.39, 0.29) is 23.4 Å². The molecular formula is C19H19N5O6S2. The fourth-order valence-corrected chi connectivity index (χ4v) is 6.59. The largest absolute Gasteiger partial charge is 0.480 e. The van der Waals surface area contributed by atoms with E-state index in [9.17, 15) is 27.9 Å². The lowest BCUT2D eigenvalue weighted by Crippen LogP contribution is -2.58. The maximum Gasteiger partial charge on any atom is 0.328 e. The van der Waals surface area contributed by atoms with Gasteiger partial charge in [-0.3, -0.25) is 14.6 Å². The van der Waals surface area contributed by atoms with E-state index in [1.807, 2.05) is 0 Å². The zero-order chi connectivity index (χ0) is 23.4. The van der Waals surface area contributed by atoms with Crippen LogP contribution in [-0.4, -0.2) is 62.3 Å². The van der Waals surface area contributed by atoms with E-state index < -0.39 is 43.8 Å². The molecular weight excluding hydrogens is 458 g/mol. The summed E-state index contributed by atoms with van der Waals surface area (Å²) in [4.78, 5) is 46.4. The molecule has 0 aliphatic carbocycles. The van der Waals surface area contributed by atoms with E-state index in [4.69, 9.17) is 5.73 Å². The molecule has 2 fully saturated rings. The molecule has 32 heavy (non-hydrogen) atoms. The summed E-state index contributed by atoms with van der Waals surface area (Å²) in [6, 6.07) is 1.41. The standard InChI is InChI=1S/C19H19N5O6S2/c1-19(2)13(17(27)28)24-15(26)12(16(24)32(19,29)30)6-10-5-9(3-4-21-10)14(25)22-7-11-8-23-18(20)31-11/h3-6,8,13,16H,7H2,1-2H3,(H2,20,23)(H,22,25)(H,27,28)/b12-6-/t13-,16+/m0/s1. The second-order valence-electron chi connectivity index (χ2n) is 7.87. The Morgan fingerprint density at radius 2 is 2.09 bits per heavy atom. The van der Waals surface area contributed by atoms with Crippen LogP contribution in [0.2, 0.25) is 0 Å². The molecule has 0 aromatic carbocycles. The number of hydrogen-bond acceptors (Lipinski definition) is 9. The van der Waals surface area contributed by atoms with E-state index in [2.05, 4.69) is 15.3 Å². The number of amides is 2. The number of thiazole rings is 1. The molecule has 0 radical (unpaired) electrons. The molecule has 2 aromatic rings. The predicted octanol–water partition coefficient (Wildman–Crippen LogP) is 0.262. The zero-order valence-electron chi connectivity index (χ0n) is 17.0. The van der Waals surface area contributed by atoms with Crippen LogP contribution in [0, 0.1) is 0 Å². The fourth-order valence-electron chi connectivity index (χ4n) is 3.84. The van der Waals surface area contributed by atoms with Gasteiger partial charge in [0, 0.05) is 22.8 Å². The summed E-state index contributed by atoms with van der Waals surface area (Å²) in [7, 11) is -3.99. The first-order valence-corrected chi connectivity index (χ1v) is 11.8. The maximum atomic E-state index is 12.9. The van der Waals surface area contributed by atoms with Gasteiger partial charge in [-0.25, -0.2) is 18.2 Å². The maximum absolute atomic E-state index is 12.9. The Morgan fingerprint density at radius 3 is 2.72 bits per heavy atom. The van der Waals surface area contributed by atoms with Crippen molar-refractivity contribution in [2.24, 2.45) is 0 Å². The molecule has 13 heteroatoms. The van der Waals surface area contributed by atoms with Gasteiger partial charge in [-0.2, -0.15) is 0 Å². The molecule has 2 amide bonds. The molecule has 4 N–H and O–H groups in total. The molecule has 168 valence electrons. The first-order valence-electron chi connectivity index (χ1n) is 9.40. The van der Waals surface area contributed by atoms with Gasteiger partial charge in [-0.1, -0.05) is 0 Å². The van der Waals surface area contributed by atoms with E-state index >= 15 is 0 Å². The highest BCUT2D eigenvalue weighted by molar-refractivity contribution is 7.94. The minimum absolute atomic E-state index is 0.0768. The Bertz CT molecular complexity index is 1280. The van der Waals surface area contributed by atoms with Gasteiger partial charge in [-0.15, -0.1) is 11.3 Å². The average molecular weight is 478 g/mol. The summed E-state index contributed by atoms with van der Waals surface area (Å²) >= 11 is 1.25. The van der Waals surface area contributed by atoms with Crippen molar-refractivity contribution in [3.63, 3.8) is 0 Å². The van der Waals surface area contributed by atoms with Crippen LogP contribution in [0.3, 0.4) is 0 Å². The third kappa shape index (κ3) is 3.24. The summed E-state index contributed by atoms with van der Waals surface area (Å²) in [5.41, 5.74) is 5.95. The lowest BCUT2D eigenvalue weighted by atomic mass is 9.95. The lowest BCUT2D eigenvalue weighted by Gasteiger charge is -2.37. The Hall–Kier alpha value is -3.32. The number of hydrogen-bond donors (Lipinski definition) is 3. The smallest absolute Gasteiger partial charge is 0.328 e. The molecule has 0 spiro atoms. The molecule has 2 atom stereocenters. The zero-order valence-corrected chi connectivity index (χ0v) is 18.6. The molecule has 2 aromatic heterocycles. The molecule has 2 saturated heterocycles. The minimum Gasteiger partial charge on any atom is -0.480 e. The Labute approximate surface area is 186 Å². The SMILES string of the molecule is CC1(C)[C@H](C(=O)O)N2C(=O)/C(=C/c3cc(C(=O)NCc4cnc(N)s4)ccn3)[C@H]2S1(=O)=O. The van der Waals surface area contributed by atoms with Crippen molar-refractivity contribution in [3.8, 4) is 0 Å². The van der Waals surface area contributed by atoms with Gasteiger partial charge in [0.05, 0.1) is 17.8 Å². The third-order valence-electron chi connectivity index (χ3n) is 5.54. The molecule has 0 bridgehead atoms. The fraction of sp³-hybridized carbons (Fsp3) is 0.316. The topological polar surface area (TPSA) is 173 Å². The first kappa shape index (κ1) is 21.9. The van der Waals surface area contributed by atoms with Crippen LogP contribution in [-0.2, 0) is 26.0 Å². The number of nitrogens with zero attached hydrogens (tertiary/aromatic N) is 3. The number of aromatic nitrogens is 2. The van der Waals surface area contributed by atoms with Crippen LogP contribution in [0.1, 0.15) is 34.8 Å². The number of nitrogens with one attached hydrogen (secondary N) is 1. The van der Waals surface area contributed by atoms with E-state index in [0.717, 1.165) is 9.78 Å². The Morgan fingerprint density at radius 1 is 1.38 bits per heavy atom. The van der Waals surface area contributed by atoms with E-state index in [1.165, 1.54) is 49.6 Å². The number of nitrogens with two attached hydrogens (primary N) is 1. The van der Waals surface area contributed by atoms with Gasteiger partial charge < -0.3 is 21.1 Å². The molecule has 2 aliphatic rings. The second-order valence-corrected chi connectivity index (χ2v) is 11.6. The van der Waals surface area contributed by atoms with E-state index in [1.54, 1.807) is 6.20 Å². The highest BCUT2D eigenvalue weighted by Gasteiger charge is 2.70. The third-order valence-corrected chi connectivity index (χ3v) is 9.12. The number of anilines is 1. The van der Waals surface area contributed by atoms with Crippen molar-refractivity contribution < 1.29 is 27.9 Å². The van der Waals surface area contributed by atoms with Crippen molar-refractivity contribution >= 4 is 50.2 Å². The highest BCUT2D eigenvalue weighted by atomic mass is 32.2. The Balaban J connectivity index is 1.58. The van der Waals surface area contributed by atoms with Crippen LogP contribution in [0.25, 0.3) is 6.08 Å². The van der Waals surface area contributed by atoms with Crippen LogP contribution in [0.4, 0.5) is 5.13 Å². The number of aliphatic carboxylic acids is 1. The number of carbonyl (C=O) groups is 3. The number of β-lactam (4-membered cyclic amide) rings is 1. The second kappa shape index (κ2) is 7.38. The van der Waals surface area contributed by atoms with Crippen LogP contribution < -0.4 is 11.1 Å². The lowest BCUT2D eigenvalue weighted by molar-refractivity contribution is -0.152. The monoisotopic (exact) mass is 477 g/mol. The number of rotatable bonds is 5. The van der Waals surface area contributed by atoms with Gasteiger partial charge in [0.15, 0.2) is 26.4 Å². The summed E-state index contributed by atoms with van der Waals surface area (Å²) < 4.78 is 24.2. The first-order chi connectivity index (χ1) is 14.9. The van der Waals surface area contributed by atoms with Crippen LogP contribution in [0.15, 0.2) is 30.1 Å². The molecule has 0 unspecified atom stereocenters. The van der Waals surface area contributed by atoms with Gasteiger partial charge in [0.2, 0.25) is 0 Å². The van der Waals surface area contributed by atoms with Crippen molar-refractivity contribution in [3.05, 3.63) is 46.2 Å². The van der Waals surface area contributed by atoms with Crippen molar-refractivity contribution in [1.82, 2.24) is 20.2 Å². The van der Waals surface area contributed by atoms with Crippen LogP contribution in [0.5, 0.6) is 0 Å². The Kier molecular flexibility index (Phi) is 5.05. The number of pyridine rings is 1. The van der Waals surface area contributed by atoms with Gasteiger partial charge in [-0.05, 0) is 32.1 Å². The average Bonchev–Trinajstić information content (AvgIpc) is 3.20. The molecule has 11 nitrogen and oxygen atoms in total. The summed E-state index contributed by atoms with van der Waals surface area (Å²) in [5, 5.41) is 11.2. The predicted molar refractivity (Wildman–Crippen MR) is 115 cm³/mol. The molecule has 4 heterocycles. The van der Waals surface area contributed by atoms with Gasteiger partial charge in [0.25, 0.3) is 11.8 Å². The minimum atomic E-state index is -3.99. The summed E-state index contributed by atoms with van der Waals surface area (Å²) in [5.74, 6) is -2.47. The number of carboxylic acid groups (broad SMARTS) is 1. The molecule has 2 aliphatic heterocycles. The number of sulfone groups is 1. The van der Waals surface area contributed by atoms with Gasteiger partial charge >= 0.3 is 5.97 Å². The normalized spacial score (nSPS) is 24.1. The highest BCUT2D eigenvalue weighted by Crippen LogP contribution is 2.48. The summed E-state index contributed by atoms with van der Waals surface area (Å²) in [6.07, 6.45) is 4.20. The number of carboxylic acids is 1. The molecule has 0 saturated carbocycles. The summed E-state index contributed by atoms with van der Waals surface area (Å²) in [6.45, 7) is 2.82. The van der Waals surface area contributed by atoms with Crippen LogP contribution >= 0.6 is 11.3 Å². The molecule has 4 rings (SSSR count). The van der Waals surface area contributed by atoms with Gasteiger partial charge in [0.1, 0.15) is 4.75 Å². The number of nitrogen functional groups attached to an aromatic ring is 1. The van der Waals surface area contributed by atoms with E-state index in [0.29, 0.717) is 5.13 Å². The number of fused-ring (bicyclic) bond motifs is 1. The van der Waals surface area contributed by atoms with Crippen molar-refractivity contribution in [2.75, 3.05) is 5.73 Å². The quantitative estimate of drug-likeness (QED) is 0.403. The number of carbonyl (C=O) groups excluding carboxylic acids is 2. The van der Waals surface area contributed by atoms with Crippen molar-refractivity contribution in [1.29, 1.82) is 0 Å². The van der Waals surface area contributed by atoms with Crippen molar-refractivity contribution in [2.45, 2.75) is 36.6 Å².